The summed E-state index contributed by atoms with van der Waals surface area (Å²) in [5.74, 6) is -0.862. The number of aromatic nitrogens is 2. The number of carboxylic acid groups (broad SMARTS) is 1. The average Bonchev–Trinajstić information content (AvgIpc) is 2.28. The SMILES string of the molecule is CCCN(CC(=O)O)c1ncc(C(F)F)cn1. The Morgan fingerprint density at radius 3 is 2.47 bits per heavy atom. The quantitative estimate of drug-likeness (QED) is 0.826. The number of carbonyl (C=O) groups is 1. The summed E-state index contributed by atoms with van der Waals surface area (Å²) < 4.78 is 24.5. The van der Waals surface area contributed by atoms with Crippen LogP contribution < -0.4 is 4.90 Å². The molecule has 0 saturated carbocycles. The molecule has 0 aliphatic carbocycles. The van der Waals surface area contributed by atoms with E-state index in [9.17, 15) is 13.6 Å². The van der Waals surface area contributed by atoms with Gasteiger partial charge in [0.1, 0.15) is 6.54 Å². The Kier molecular flexibility index (Phi) is 4.74. The van der Waals surface area contributed by atoms with Crippen molar-refractivity contribution in [1.82, 2.24) is 9.97 Å². The number of anilines is 1. The lowest BCUT2D eigenvalue weighted by molar-refractivity contribution is -0.135. The highest BCUT2D eigenvalue weighted by Gasteiger charge is 2.14. The Morgan fingerprint density at radius 2 is 2.06 bits per heavy atom. The van der Waals surface area contributed by atoms with Gasteiger partial charge in [-0.05, 0) is 6.42 Å². The van der Waals surface area contributed by atoms with Gasteiger partial charge in [0.2, 0.25) is 5.95 Å². The van der Waals surface area contributed by atoms with Crippen LogP contribution in [0.2, 0.25) is 0 Å². The van der Waals surface area contributed by atoms with E-state index in [2.05, 4.69) is 9.97 Å². The molecule has 0 atom stereocenters. The minimum Gasteiger partial charge on any atom is -0.480 e. The summed E-state index contributed by atoms with van der Waals surface area (Å²) in [5.41, 5.74) is -0.277. The third kappa shape index (κ3) is 3.93. The average molecular weight is 245 g/mol. The van der Waals surface area contributed by atoms with Crippen LogP contribution in [-0.2, 0) is 4.79 Å². The van der Waals surface area contributed by atoms with Crippen LogP contribution in [0.1, 0.15) is 25.3 Å². The summed E-state index contributed by atoms with van der Waals surface area (Å²) in [6, 6.07) is 0. The second-order valence-electron chi connectivity index (χ2n) is 3.43. The second-order valence-corrected chi connectivity index (χ2v) is 3.43. The molecule has 7 heteroatoms. The Bertz CT molecular complexity index is 370. The van der Waals surface area contributed by atoms with Crippen LogP contribution in [0.3, 0.4) is 0 Å². The maximum absolute atomic E-state index is 12.3. The van der Waals surface area contributed by atoms with Gasteiger partial charge in [-0.1, -0.05) is 6.92 Å². The Labute approximate surface area is 97.1 Å². The van der Waals surface area contributed by atoms with Crippen molar-refractivity contribution in [1.29, 1.82) is 0 Å². The van der Waals surface area contributed by atoms with E-state index in [0.29, 0.717) is 13.0 Å². The van der Waals surface area contributed by atoms with Crippen molar-refractivity contribution < 1.29 is 18.7 Å². The van der Waals surface area contributed by atoms with Crippen molar-refractivity contribution in [2.75, 3.05) is 18.0 Å². The molecule has 17 heavy (non-hydrogen) atoms. The van der Waals surface area contributed by atoms with E-state index in [0.717, 1.165) is 12.4 Å². The van der Waals surface area contributed by atoms with Crippen LogP contribution in [0, 0.1) is 0 Å². The van der Waals surface area contributed by atoms with Gasteiger partial charge in [0, 0.05) is 18.9 Å². The Balaban J connectivity index is 2.83. The van der Waals surface area contributed by atoms with Crippen molar-refractivity contribution in [3.63, 3.8) is 0 Å². The number of halogens is 2. The van der Waals surface area contributed by atoms with E-state index in [-0.39, 0.29) is 18.1 Å². The van der Waals surface area contributed by atoms with E-state index in [1.165, 1.54) is 4.90 Å². The molecule has 0 unspecified atom stereocenters. The number of hydrogen-bond donors (Lipinski definition) is 1. The first-order valence-corrected chi connectivity index (χ1v) is 5.11. The number of nitrogens with zero attached hydrogens (tertiary/aromatic N) is 3. The normalized spacial score (nSPS) is 10.6. The molecule has 0 aromatic carbocycles. The molecule has 94 valence electrons. The van der Waals surface area contributed by atoms with Gasteiger partial charge in [-0.2, -0.15) is 0 Å². The third-order valence-electron chi connectivity index (χ3n) is 2.01. The zero-order valence-electron chi connectivity index (χ0n) is 9.31. The highest BCUT2D eigenvalue weighted by molar-refractivity contribution is 5.72. The molecular formula is C10H13F2N3O2. The molecule has 0 spiro atoms. The van der Waals surface area contributed by atoms with Crippen LogP contribution in [0.5, 0.6) is 0 Å². The molecule has 0 fully saturated rings. The van der Waals surface area contributed by atoms with Crippen LogP contribution >= 0.6 is 0 Å². The van der Waals surface area contributed by atoms with Gasteiger partial charge in [0.05, 0.1) is 5.56 Å². The number of carboxylic acids is 1. The topological polar surface area (TPSA) is 66.3 Å². The van der Waals surface area contributed by atoms with Gasteiger partial charge in [0.25, 0.3) is 6.43 Å². The van der Waals surface area contributed by atoms with Gasteiger partial charge in [0.15, 0.2) is 0 Å². The molecule has 1 heterocycles. The van der Waals surface area contributed by atoms with Crippen LogP contribution in [0.4, 0.5) is 14.7 Å². The summed E-state index contributed by atoms with van der Waals surface area (Å²) in [6.45, 7) is 2.09. The highest BCUT2D eigenvalue weighted by atomic mass is 19.3. The first kappa shape index (κ1) is 13.3. The van der Waals surface area contributed by atoms with Gasteiger partial charge in [-0.3, -0.25) is 4.79 Å². The zero-order valence-corrected chi connectivity index (χ0v) is 9.31. The lowest BCUT2D eigenvalue weighted by Crippen LogP contribution is -2.31. The third-order valence-corrected chi connectivity index (χ3v) is 2.01. The summed E-state index contributed by atoms with van der Waals surface area (Å²) in [7, 11) is 0. The number of alkyl halides is 2. The summed E-state index contributed by atoms with van der Waals surface area (Å²) in [4.78, 5) is 19.5. The second kappa shape index (κ2) is 6.07. The molecular weight excluding hydrogens is 232 g/mol. The van der Waals surface area contributed by atoms with Crippen molar-refractivity contribution in [2.24, 2.45) is 0 Å². The van der Waals surface area contributed by atoms with Crippen molar-refractivity contribution >= 4 is 11.9 Å². The number of hydrogen-bond acceptors (Lipinski definition) is 4. The summed E-state index contributed by atoms with van der Waals surface area (Å²) in [5, 5.41) is 8.70. The molecule has 0 aliphatic heterocycles. The van der Waals surface area contributed by atoms with Crippen LogP contribution in [0.15, 0.2) is 12.4 Å². The molecule has 0 bridgehead atoms. The van der Waals surface area contributed by atoms with Gasteiger partial charge >= 0.3 is 5.97 Å². The van der Waals surface area contributed by atoms with E-state index < -0.39 is 12.4 Å². The van der Waals surface area contributed by atoms with Gasteiger partial charge in [-0.15, -0.1) is 0 Å². The lowest BCUT2D eigenvalue weighted by atomic mass is 10.3. The molecule has 1 rings (SSSR count). The minimum atomic E-state index is -2.62. The highest BCUT2D eigenvalue weighted by Crippen LogP contribution is 2.17. The zero-order chi connectivity index (χ0) is 12.8. The molecule has 0 saturated heterocycles. The van der Waals surface area contributed by atoms with E-state index in [4.69, 9.17) is 5.11 Å². The summed E-state index contributed by atoms with van der Waals surface area (Å²) >= 11 is 0. The maximum atomic E-state index is 12.3. The fraction of sp³-hybridized carbons (Fsp3) is 0.500. The van der Waals surface area contributed by atoms with Crippen LogP contribution in [0.25, 0.3) is 0 Å². The van der Waals surface area contributed by atoms with Crippen LogP contribution in [-0.4, -0.2) is 34.1 Å². The van der Waals surface area contributed by atoms with Crippen molar-refractivity contribution in [2.45, 2.75) is 19.8 Å². The fourth-order valence-electron chi connectivity index (χ4n) is 1.29. The van der Waals surface area contributed by atoms with Crippen molar-refractivity contribution in [3.05, 3.63) is 18.0 Å². The molecule has 5 nitrogen and oxygen atoms in total. The molecule has 1 N–H and O–H groups in total. The van der Waals surface area contributed by atoms with E-state index >= 15 is 0 Å². The molecule has 0 amide bonds. The molecule has 0 radical (unpaired) electrons. The Morgan fingerprint density at radius 1 is 1.47 bits per heavy atom. The molecule has 1 aromatic rings. The molecule has 0 aliphatic rings. The van der Waals surface area contributed by atoms with Crippen molar-refractivity contribution in [3.8, 4) is 0 Å². The van der Waals surface area contributed by atoms with E-state index in [1.807, 2.05) is 6.92 Å². The predicted octanol–water partition coefficient (Wildman–Crippen LogP) is 1.72. The minimum absolute atomic E-state index is 0.152. The predicted molar refractivity (Wildman–Crippen MR) is 57.1 cm³/mol. The number of aliphatic carboxylic acids is 1. The van der Waals surface area contributed by atoms with Gasteiger partial charge < -0.3 is 10.0 Å². The first-order chi connectivity index (χ1) is 8.04. The summed E-state index contributed by atoms with van der Waals surface area (Å²) in [6.07, 6.45) is 0.116. The van der Waals surface area contributed by atoms with E-state index in [1.54, 1.807) is 0 Å². The maximum Gasteiger partial charge on any atom is 0.323 e. The van der Waals surface area contributed by atoms with Gasteiger partial charge in [-0.25, -0.2) is 18.7 Å². The Hall–Kier alpha value is -1.79. The first-order valence-electron chi connectivity index (χ1n) is 5.11. The smallest absolute Gasteiger partial charge is 0.323 e. The monoisotopic (exact) mass is 245 g/mol. The lowest BCUT2D eigenvalue weighted by Gasteiger charge is -2.19. The largest absolute Gasteiger partial charge is 0.480 e. The fourth-order valence-corrected chi connectivity index (χ4v) is 1.29. The molecule has 1 aromatic heterocycles. The number of rotatable bonds is 6. The standard InChI is InChI=1S/C10H13F2N3O2/c1-2-3-15(6-8(16)17)10-13-4-7(5-14-10)9(11)12/h4-5,9H,2-3,6H2,1H3,(H,16,17).